The normalized spacial score (nSPS) is 14.5. The topological polar surface area (TPSA) is 59.2 Å². The van der Waals surface area contributed by atoms with Crippen LogP contribution >= 0.6 is 27.5 Å². The lowest BCUT2D eigenvalue weighted by molar-refractivity contribution is 0.690. The Balaban J connectivity index is 1.34. The Morgan fingerprint density at radius 2 is 1.40 bits per heavy atom. The highest BCUT2D eigenvalue weighted by Crippen LogP contribution is 2.41. The van der Waals surface area contributed by atoms with E-state index in [1.807, 2.05) is 76.4 Å². The molecule has 1 aliphatic rings. The second kappa shape index (κ2) is 12.2. The molecule has 0 unspecified atom stereocenters. The van der Waals surface area contributed by atoms with Gasteiger partial charge in [-0.3, -0.25) is 0 Å². The SMILES string of the molecule is Cc1ccc(-c2nn(-c3ccccc3)cc2[C@@H]2CC(c3ccc(Br)cc3)=NN2c2nc(-c3ccccc3)c3cc(Cl)ccc3n2)cc1. The van der Waals surface area contributed by atoms with E-state index in [0.717, 1.165) is 60.4 Å². The minimum absolute atomic E-state index is 0.226. The molecule has 6 nitrogen and oxygen atoms in total. The van der Waals surface area contributed by atoms with E-state index >= 15 is 0 Å². The van der Waals surface area contributed by atoms with E-state index in [0.29, 0.717) is 17.4 Å². The van der Waals surface area contributed by atoms with Crippen LogP contribution in [0.15, 0.2) is 143 Å². The summed E-state index contributed by atoms with van der Waals surface area (Å²) in [6.07, 6.45) is 2.77. The van der Waals surface area contributed by atoms with E-state index in [4.69, 9.17) is 31.8 Å². The van der Waals surface area contributed by atoms with E-state index in [1.54, 1.807) is 0 Å². The molecule has 8 heteroatoms. The number of nitrogens with zero attached hydrogens (tertiary/aromatic N) is 6. The van der Waals surface area contributed by atoms with Crippen molar-refractivity contribution in [2.45, 2.75) is 19.4 Å². The van der Waals surface area contributed by atoms with Crippen LogP contribution in [0, 0.1) is 6.92 Å². The summed E-state index contributed by atoms with van der Waals surface area (Å²) in [6.45, 7) is 2.10. The molecule has 0 bridgehead atoms. The van der Waals surface area contributed by atoms with Gasteiger partial charge in [0.2, 0.25) is 5.95 Å². The molecule has 7 aromatic rings. The second-order valence-electron chi connectivity index (χ2n) is 11.6. The van der Waals surface area contributed by atoms with Crippen molar-refractivity contribution in [1.82, 2.24) is 19.7 Å². The first-order valence-corrected chi connectivity index (χ1v) is 16.5. The minimum Gasteiger partial charge on any atom is -0.240 e. The molecular formula is C39H28BrClN6. The molecule has 0 amide bonds. The zero-order valence-corrected chi connectivity index (χ0v) is 27.8. The fourth-order valence-electron chi connectivity index (χ4n) is 6.04. The summed E-state index contributed by atoms with van der Waals surface area (Å²) < 4.78 is 2.97. The van der Waals surface area contributed by atoms with E-state index in [9.17, 15) is 0 Å². The van der Waals surface area contributed by atoms with E-state index in [2.05, 4.69) is 89.7 Å². The van der Waals surface area contributed by atoms with Crippen LogP contribution in [0.3, 0.4) is 0 Å². The van der Waals surface area contributed by atoms with Gasteiger partial charge in [-0.1, -0.05) is 118 Å². The molecule has 2 aromatic heterocycles. The van der Waals surface area contributed by atoms with Crippen LogP contribution in [-0.2, 0) is 0 Å². The quantitative estimate of drug-likeness (QED) is 0.174. The number of hydrogen-bond acceptors (Lipinski definition) is 5. The molecule has 0 saturated heterocycles. The van der Waals surface area contributed by atoms with Crippen LogP contribution in [0.4, 0.5) is 5.95 Å². The van der Waals surface area contributed by atoms with Crippen molar-refractivity contribution in [2.24, 2.45) is 5.10 Å². The molecule has 228 valence electrons. The molecule has 0 saturated carbocycles. The molecule has 0 fully saturated rings. The number of para-hydroxylation sites is 1. The Morgan fingerprint density at radius 3 is 2.15 bits per heavy atom. The van der Waals surface area contributed by atoms with E-state index < -0.39 is 0 Å². The summed E-state index contributed by atoms with van der Waals surface area (Å²) in [5.41, 5.74) is 9.72. The fraction of sp³-hybridized carbons (Fsp3) is 0.0769. The third-order valence-corrected chi connectivity index (χ3v) is 9.20. The average Bonchev–Trinajstić information content (AvgIpc) is 3.75. The van der Waals surface area contributed by atoms with Gasteiger partial charge in [0.1, 0.15) is 0 Å². The summed E-state index contributed by atoms with van der Waals surface area (Å²) in [5, 5.41) is 13.9. The predicted molar refractivity (Wildman–Crippen MR) is 194 cm³/mol. The van der Waals surface area contributed by atoms with Crippen molar-refractivity contribution in [3.8, 4) is 28.2 Å². The number of hydrogen-bond donors (Lipinski definition) is 0. The van der Waals surface area contributed by atoms with Gasteiger partial charge in [-0.15, -0.1) is 0 Å². The van der Waals surface area contributed by atoms with Gasteiger partial charge in [-0.25, -0.2) is 19.7 Å². The molecule has 1 aliphatic heterocycles. The van der Waals surface area contributed by atoms with Crippen LogP contribution in [0.2, 0.25) is 5.02 Å². The first-order chi connectivity index (χ1) is 23.0. The maximum Gasteiger partial charge on any atom is 0.247 e. The van der Waals surface area contributed by atoms with Crippen molar-refractivity contribution in [2.75, 3.05) is 5.01 Å². The molecule has 0 spiro atoms. The highest BCUT2D eigenvalue weighted by atomic mass is 79.9. The molecule has 0 aliphatic carbocycles. The van der Waals surface area contributed by atoms with Gasteiger partial charge in [-0.05, 0) is 55.0 Å². The number of aryl methyl sites for hydroxylation is 1. The largest absolute Gasteiger partial charge is 0.247 e. The third-order valence-electron chi connectivity index (χ3n) is 8.43. The lowest BCUT2D eigenvalue weighted by atomic mass is 9.96. The van der Waals surface area contributed by atoms with E-state index in [-0.39, 0.29) is 6.04 Å². The Hall–Kier alpha value is -5.11. The fourth-order valence-corrected chi connectivity index (χ4v) is 6.48. The Kier molecular flexibility index (Phi) is 7.64. The summed E-state index contributed by atoms with van der Waals surface area (Å²) in [5.74, 6) is 0.512. The maximum atomic E-state index is 6.48. The first-order valence-electron chi connectivity index (χ1n) is 15.4. The van der Waals surface area contributed by atoms with Crippen LogP contribution in [0.5, 0.6) is 0 Å². The number of rotatable bonds is 6. The number of aromatic nitrogens is 4. The van der Waals surface area contributed by atoms with Gasteiger partial charge in [0, 0.05) is 44.2 Å². The lowest BCUT2D eigenvalue weighted by Gasteiger charge is -2.23. The van der Waals surface area contributed by atoms with Gasteiger partial charge in [0.05, 0.1) is 34.3 Å². The molecule has 3 heterocycles. The summed E-state index contributed by atoms with van der Waals surface area (Å²) in [6, 6.07) is 42.7. The van der Waals surface area contributed by atoms with Gasteiger partial charge >= 0.3 is 0 Å². The maximum absolute atomic E-state index is 6.48. The zero-order chi connectivity index (χ0) is 31.9. The van der Waals surface area contributed by atoms with Crippen molar-refractivity contribution in [3.63, 3.8) is 0 Å². The Labute approximate surface area is 286 Å². The van der Waals surface area contributed by atoms with Crippen LogP contribution in [0.25, 0.3) is 39.1 Å². The molecule has 0 radical (unpaired) electrons. The summed E-state index contributed by atoms with van der Waals surface area (Å²) in [4.78, 5) is 10.3. The van der Waals surface area contributed by atoms with Crippen molar-refractivity contribution in [3.05, 3.63) is 160 Å². The lowest BCUT2D eigenvalue weighted by Crippen LogP contribution is -2.21. The predicted octanol–water partition coefficient (Wildman–Crippen LogP) is 10.2. The van der Waals surface area contributed by atoms with E-state index in [1.165, 1.54) is 5.56 Å². The van der Waals surface area contributed by atoms with Gasteiger partial charge < -0.3 is 0 Å². The standard InChI is InChI=1S/C39H28BrClN6/c1-25-12-14-28(15-13-25)38-33(24-46(45-38)31-10-6-3-7-11-31)36-23-35(26-16-18-29(40)19-17-26)44-47(36)39-42-34-21-20-30(41)22-32(34)37(43-39)27-8-4-2-5-9-27/h2-22,24,36H,23H2,1H3/t36-/m0/s1. The summed E-state index contributed by atoms with van der Waals surface area (Å²) in [7, 11) is 0. The van der Waals surface area contributed by atoms with Crippen molar-refractivity contribution in [1.29, 1.82) is 0 Å². The third kappa shape index (κ3) is 5.73. The van der Waals surface area contributed by atoms with Crippen molar-refractivity contribution >= 4 is 50.1 Å². The molecular weight excluding hydrogens is 668 g/mol. The van der Waals surface area contributed by atoms with Gasteiger partial charge in [-0.2, -0.15) is 10.2 Å². The molecule has 5 aromatic carbocycles. The van der Waals surface area contributed by atoms with Gasteiger partial charge in [0.15, 0.2) is 0 Å². The number of anilines is 1. The Morgan fingerprint density at radius 1 is 0.723 bits per heavy atom. The second-order valence-corrected chi connectivity index (χ2v) is 12.9. The molecule has 47 heavy (non-hydrogen) atoms. The number of fused-ring (bicyclic) bond motifs is 1. The highest BCUT2D eigenvalue weighted by Gasteiger charge is 2.35. The Bertz CT molecular complexity index is 2250. The monoisotopic (exact) mass is 694 g/mol. The zero-order valence-electron chi connectivity index (χ0n) is 25.4. The molecule has 8 rings (SSSR count). The molecule has 0 N–H and O–H groups in total. The number of benzene rings is 5. The van der Waals surface area contributed by atoms with Gasteiger partial charge in [0.25, 0.3) is 0 Å². The highest BCUT2D eigenvalue weighted by molar-refractivity contribution is 9.10. The van der Waals surface area contributed by atoms with Crippen LogP contribution in [-0.4, -0.2) is 25.5 Å². The smallest absolute Gasteiger partial charge is 0.240 e. The minimum atomic E-state index is -0.226. The van der Waals surface area contributed by atoms with Crippen LogP contribution in [0.1, 0.15) is 29.2 Å². The van der Waals surface area contributed by atoms with Crippen LogP contribution < -0.4 is 5.01 Å². The van der Waals surface area contributed by atoms with Crippen molar-refractivity contribution < 1.29 is 0 Å². The number of hydrazone groups is 1. The average molecular weight is 696 g/mol. The molecule has 1 atom stereocenters. The number of halogens is 2. The summed E-state index contributed by atoms with van der Waals surface area (Å²) >= 11 is 10.1. The first kappa shape index (κ1) is 29.3.